The Morgan fingerprint density at radius 2 is 0.480 bits per heavy atom. The third kappa shape index (κ3) is 8.28. The molecule has 456 valence electrons. The largest absolute Gasteiger partial charge is 0.456 e. The fourth-order valence-electron chi connectivity index (χ4n) is 16.0. The molecule has 0 aliphatic heterocycles. The van der Waals surface area contributed by atoms with Crippen molar-refractivity contribution in [2.75, 3.05) is 0 Å². The number of benzene rings is 16. The highest BCUT2D eigenvalue weighted by Gasteiger charge is 2.22. The second kappa shape index (κ2) is 21.2. The maximum absolute atomic E-state index is 6.38. The van der Waals surface area contributed by atoms with E-state index in [-0.39, 0.29) is 0 Å². The van der Waals surface area contributed by atoms with Crippen LogP contribution in [0.3, 0.4) is 0 Å². The Hall–Kier alpha value is -13.2. The molecule has 16 aromatic carbocycles. The normalized spacial score (nSPS) is 12.1. The van der Waals surface area contributed by atoms with Gasteiger partial charge in [0.2, 0.25) is 0 Å². The second-order valence-electron chi connectivity index (χ2n) is 26.0. The van der Waals surface area contributed by atoms with Crippen molar-refractivity contribution in [2.45, 2.75) is 0 Å². The monoisotopic (exact) mass is 1250 g/mol. The van der Waals surface area contributed by atoms with Gasteiger partial charge in [0.05, 0.1) is 44.1 Å². The highest BCUT2D eigenvalue weighted by atomic mass is 16.3. The molecule has 0 unspecified atom stereocenters. The predicted octanol–water partition coefficient (Wildman–Crippen LogP) is 25.2. The van der Waals surface area contributed by atoms with E-state index < -0.39 is 0 Å². The maximum Gasteiger partial charge on any atom is 0.137 e. The molecule has 0 spiro atoms. The summed E-state index contributed by atoms with van der Waals surface area (Å²) in [6.45, 7) is 0. The summed E-state index contributed by atoms with van der Waals surface area (Å²) in [5.41, 5.74) is 22.5. The summed E-state index contributed by atoms with van der Waals surface area (Å²) < 4.78 is 22.3. The molecule has 0 fully saturated rings. The Morgan fingerprint density at radius 1 is 0.153 bits per heavy atom. The lowest BCUT2D eigenvalue weighted by atomic mass is 10.00. The van der Waals surface area contributed by atoms with Gasteiger partial charge < -0.3 is 27.1 Å². The molecule has 6 heterocycles. The minimum atomic E-state index is 0.905. The lowest BCUT2D eigenvalue weighted by Crippen LogP contribution is -1.94. The molecule has 0 atom stereocenters. The van der Waals surface area contributed by atoms with E-state index in [4.69, 9.17) is 8.83 Å². The van der Waals surface area contributed by atoms with Gasteiger partial charge in [0.25, 0.3) is 0 Å². The van der Waals surface area contributed by atoms with Crippen LogP contribution in [0.2, 0.25) is 0 Å². The summed E-state index contributed by atoms with van der Waals surface area (Å²) in [4.78, 5) is 0. The average molecular weight is 1250 g/mol. The van der Waals surface area contributed by atoms with Crippen LogP contribution in [0.1, 0.15) is 0 Å². The first kappa shape index (κ1) is 54.3. The zero-order valence-electron chi connectivity index (χ0n) is 52.9. The molecular weight excluding hydrogens is 1190 g/mol. The van der Waals surface area contributed by atoms with Gasteiger partial charge in [-0.1, -0.05) is 194 Å². The van der Waals surface area contributed by atoms with Crippen molar-refractivity contribution in [3.8, 4) is 45.0 Å². The number of nitrogens with zero attached hydrogens (tertiary/aromatic N) is 4. The fourth-order valence-corrected chi connectivity index (χ4v) is 16.0. The molecule has 0 amide bonds. The number of hydrogen-bond donors (Lipinski definition) is 0. The number of rotatable bonds is 6. The van der Waals surface area contributed by atoms with Crippen LogP contribution in [0, 0.1) is 0 Å². The van der Waals surface area contributed by atoms with E-state index in [0.29, 0.717) is 0 Å². The van der Waals surface area contributed by atoms with Gasteiger partial charge in [-0.15, -0.1) is 0 Å². The van der Waals surface area contributed by atoms with Crippen molar-refractivity contribution < 1.29 is 8.83 Å². The lowest BCUT2D eigenvalue weighted by Gasteiger charge is -2.10. The van der Waals surface area contributed by atoms with Crippen LogP contribution < -0.4 is 0 Å². The molecule has 6 heteroatoms. The highest BCUT2D eigenvalue weighted by molar-refractivity contribution is 6.20. The zero-order valence-corrected chi connectivity index (χ0v) is 52.9. The number of aromatic nitrogens is 4. The summed E-state index contributed by atoms with van der Waals surface area (Å²) in [5.74, 6) is 0. The molecule has 0 saturated heterocycles. The second-order valence-corrected chi connectivity index (χ2v) is 26.0. The molecule has 0 radical (unpaired) electrons. The Morgan fingerprint density at radius 3 is 0.949 bits per heavy atom. The van der Waals surface area contributed by atoms with Crippen LogP contribution in [0.25, 0.3) is 198 Å². The molecule has 22 rings (SSSR count). The maximum atomic E-state index is 6.38. The molecule has 0 aliphatic rings. The van der Waals surface area contributed by atoms with E-state index in [1.807, 2.05) is 12.1 Å². The van der Waals surface area contributed by atoms with Crippen molar-refractivity contribution in [1.82, 2.24) is 18.3 Å². The smallest absolute Gasteiger partial charge is 0.137 e. The molecule has 0 saturated carbocycles. The molecule has 22 aromatic rings. The zero-order chi connectivity index (χ0) is 64.1. The Kier molecular flexibility index (Phi) is 11.7. The standard InChI is InChI=1S/2C46H28N2O/c1-2-12-33(13-3-1)47-43-23-20-32(26-38(43)39-28-46-40(27-44(39)47)36-15-7-9-17-45(36)49-46)31-19-22-42-37(25-31)35-14-6-8-16-41(35)48(42)34-21-18-29-10-4-5-11-30(29)24-34;1-2-12-33(13-3-1)47-43-23-20-32(26-38(43)39-27-40-36-15-7-9-17-45(36)49-46(40)28-44(39)47)31-19-22-42-37(25-31)35-14-6-8-16-41(35)48(42)34-21-18-29-10-4-5-11-30(29)24-34/h2*1-28H. The van der Waals surface area contributed by atoms with E-state index in [1.165, 1.54) is 137 Å². The van der Waals surface area contributed by atoms with E-state index in [1.54, 1.807) is 0 Å². The van der Waals surface area contributed by atoms with Gasteiger partial charge >= 0.3 is 0 Å². The number of hydrogen-bond acceptors (Lipinski definition) is 2. The van der Waals surface area contributed by atoms with Gasteiger partial charge in [-0.25, -0.2) is 0 Å². The molecule has 6 nitrogen and oxygen atoms in total. The van der Waals surface area contributed by atoms with Crippen LogP contribution in [0.4, 0.5) is 0 Å². The van der Waals surface area contributed by atoms with Gasteiger partial charge in [0.1, 0.15) is 22.3 Å². The molecule has 6 aromatic heterocycles. The minimum Gasteiger partial charge on any atom is -0.456 e. The first-order valence-corrected chi connectivity index (χ1v) is 33.5. The summed E-state index contributed by atoms with van der Waals surface area (Å²) >= 11 is 0. The molecule has 0 bridgehead atoms. The number of fused-ring (bicyclic) bond motifs is 20. The SMILES string of the molecule is c1ccc(-n2c3ccc(-c4ccc5c(c4)c4ccccc4n5-c4ccc5ccccc5c4)cc3c3cc4c(cc32)oc2ccccc24)cc1.c1ccc(-n2c3ccc(-c4ccc5c(c4)c4ccccc4n5-c4ccc5ccccc5c4)cc3c3cc4oc5ccccc5c4cc32)cc1. The average Bonchev–Trinajstić information content (AvgIpc) is 1.58. The van der Waals surface area contributed by atoms with Gasteiger partial charge in [-0.2, -0.15) is 0 Å². The third-order valence-electron chi connectivity index (χ3n) is 20.6. The van der Waals surface area contributed by atoms with Gasteiger partial charge in [-0.05, 0) is 183 Å². The van der Waals surface area contributed by atoms with Crippen molar-refractivity contribution in [3.63, 3.8) is 0 Å². The van der Waals surface area contributed by atoms with Gasteiger partial charge in [0.15, 0.2) is 0 Å². The van der Waals surface area contributed by atoms with Gasteiger partial charge in [-0.3, -0.25) is 0 Å². The molecule has 0 N–H and O–H groups in total. The number of furan rings is 2. The fraction of sp³-hybridized carbons (Fsp3) is 0. The van der Waals surface area contributed by atoms with Crippen molar-refractivity contribution >= 4 is 153 Å². The first-order valence-electron chi connectivity index (χ1n) is 33.5. The third-order valence-corrected chi connectivity index (χ3v) is 20.6. The number of para-hydroxylation sites is 6. The Labute approximate surface area is 561 Å². The first-order chi connectivity index (χ1) is 48.6. The van der Waals surface area contributed by atoms with Crippen LogP contribution in [-0.2, 0) is 0 Å². The van der Waals surface area contributed by atoms with Gasteiger partial charge in [0, 0.05) is 93.5 Å². The quantitative estimate of drug-likeness (QED) is 0.167. The van der Waals surface area contributed by atoms with Crippen molar-refractivity contribution in [1.29, 1.82) is 0 Å². The summed E-state index contributed by atoms with van der Waals surface area (Å²) in [6.07, 6.45) is 0. The van der Waals surface area contributed by atoms with Crippen LogP contribution in [0.15, 0.2) is 349 Å². The summed E-state index contributed by atoms with van der Waals surface area (Å²) in [6, 6.07) is 123. The molecule has 98 heavy (non-hydrogen) atoms. The highest BCUT2D eigenvalue weighted by Crippen LogP contribution is 2.45. The van der Waals surface area contributed by atoms with Crippen LogP contribution in [0.5, 0.6) is 0 Å². The van der Waals surface area contributed by atoms with Crippen LogP contribution >= 0.6 is 0 Å². The van der Waals surface area contributed by atoms with E-state index in [0.717, 1.165) is 60.8 Å². The topological polar surface area (TPSA) is 46.0 Å². The molecule has 0 aliphatic carbocycles. The van der Waals surface area contributed by atoms with Crippen molar-refractivity contribution in [2.24, 2.45) is 0 Å². The Balaban J connectivity index is 0.000000129. The van der Waals surface area contributed by atoms with E-state index >= 15 is 0 Å². The van der Waals surface area contributed by atoms with Crippen molar-refractivity contribution in [3.05, 3.63) is 340 Å². The summed E-state index contributed by atoms with van der Waals surface area (Å²) in [5, 5.41) is 19.4. The molecular formula is C92H56N4O2. The Bertz CT molecular complexity index is 7040. The predicted molar refractivity (Wildman–Crippen MR) is 411 cm³/mol. The lowest BCUT2D eigenvalue weighted by molar-refractivity contribution is 0.669. The van der Waals surface area contributed by atoms with E-state index in [9.17, 15) is 0 Å². The van der Waals surface area contributed by atoms with Crippen LogP contribution in [-0.4, -0.2) is 18.3 Å². The minimum absolute atomic E-state index is 0.905. The van der Waals surface area contributed by atoms with E-state index in [2.05, 4.69) is 346 Å². The summed E-state index contributed by atoms with van der Waals surface area (Å²) in [7, 11) is 0.